The van der Waals surface area contributed by atoms with E-state index in [1.807, 2.05) is 72.5 Å². The van der Waals surface area contributed by atoms with Crippen molar-refractivity contribution in [3.8, 4) is 0 Å². The van der Waals surface area contributed by atoms with Crippen LogP contribution in [0.2, 0.25) is 0 Å². The van der Waals surface area contributed by atoms with Crippen LogP contribution < -0.4 is 5.32 Å². The van der Waals surface area contributed by atoms with Gasteiger partial charge < -0.3 is 15.1 Å². The van der Waals surface area contributed by atoms with Gasteiger partial charge in [0.25, 0.3) is 0 Å². The Bertz CT molecular complexity index is 1030. The fourth-order valence-corrected chi connectivity index (χ4v) is 5.05. The van der Waals surface area contributed by atoms with Gasteiger partial charge in [-0.25, -0.2) is 14.8 Å². The van der Waals surface area contributed by atoms with E-state index in [0.29, 0.717) is 13.0 Å². The summed E-state index contributed by atoms with van der Waals surface area (Å²) in [6.07, 6.45) is 1.77. The van der Waals surface area contributed by atoms with Crippen LogP contribution in [0.5, 0.6) is 0 Å². The highest BCUT2D eigenvalue weighted by molar-refractivity contribution is 5.91. The first-order valence-electron chi connectivity index (χ1n) is 12.4. The van der Waals surface area contributed by atoms with Gasteiger partial charge in [0.1, 0.15) is 12.2 Å². The van der Waals surface area contributed by atoms with Gasteiger partial charge in [0.15, 0.2) is 0 Å². The van der Waals surface area contributed by atoms with Crippen molar-refractivity contribution in [2.75, 3.05) is 20.1 Å². The van der Waals surface area contributed by atoms with Crippen LogP contribution >= 0.6 is 0 Å². The Kier molecular flexibility index (Phi) is 7.70. The summed E-state index contributed by atoms with van der Waals surface area (Å²) >= 11 is 0. The van der Waals surface area contributed by atoms with Crippen LogP contribution in [0.3, 0.4) is 0 Å². The monoisotopic (exact) mass is 477 g/mol. The second-order valence-corrected chi connectivity index (χ2v) is 9.32. The van der Waals surface area contributed by atoms with Crippen molar-refractivity contribution in [3.05, 3.63) is 71.8 Å². The first-order valence-corrected chi connectivity index (χ1v) is 12.4. The van der Waals surface area contributed by atoms with Crippen molar-refractivity contribution >= 4 is 17.8 Å². The number of hydrazine groups is 1. The maximum absolute atomic E-state index is 13.7. The van der Waals surface area contributed by atoms with Crippen molar-refractivity contribution in [1.82, 2.24) is 25.1 Å². The molecule has 3 atom stereocenters. The predicted molar refractivity (Wildman–Crippen MR) is 134 cm³/mol. The molecular weight excluding hydrogens is 442 g/mol. The van der Waals surface area contributed by atoms with Crippen molar-refractivity contribution in [2.45, 2.75) is 57.9 Å². The van der Waals surface area contributed by atoms with Gasteiger partial charge in [0.2, 0.25) is 11.8 Å². The summed E-state index contributed by atoms with van der Waals surface area (Å²) < 4.78 is 0. The molecule has 4 amide bonds. The smallest absolute Gasteiger partial charge is 0.333 e. The van der Waals surface area contributed by atoms with Crippen molar-refractivity contribution < 1.29 is 14.4 Å². The van der Waals surface area contributed by atoms with Gasteiger partial charge in [-0.3, -0.25) is 9.59 Å². The molecule has 2 saturated heterocycles. The number of hydrogen-bond donors (Lipinski definition) is 1. The number of carbonyl (C=O) groups excluding carboxylic acids is 3. The van der Waals surface area contributed by atoms with Gasteiger partial charge in [0, 0.05) is 13.6 Å². The number of fused-ring (bicyclic) bond motifs is 1. The molecule has 35 heavy (non-hydrogen) atoms. The average Bonchev–Trinajstić information content (AvgIpc) is 2.87. The van der Waals surface area contributed by atoms with Crippen molar-refractivity contribution in [3.63, 3.8) is 0 Å². The second kappa shape index (κ2) is 10.9. The van der Waals surface area contributed by atoms with E-state index in [2.05, 4.69) is 12.2 Å². The third-order valence-electron chi connectivity index (χ3n) is 6.96. The van der Waals surface area contributed by atoms with E-state index in [0.717, 1.165) is 24.0 Å². The van der Waals surface area contributed by atoms with Crippen LogP contribution in [0.1, 0.15) is 50.3 Å². The summed E-state index contributed by atoms with van der Waals surface area (Å²) in [7, 11) is 1.75. The van der Waals surface area contributed by atoms with Gasteiger partial charge in [0.05, 0.1) is 19.1 Å². The summed E-state index contributed by atoms with van der Waals surface area (Å²) in [4.78, 5) is 43.8. The molecule has 0 aliphatic carbocycles. The maximum Gasteiger partial charge on any atom is 0.334 e. The number of unbranched alkanes of at least 4 members (excludes halogenated alkanes) is 1. The third kappa shape index (κ3) is 5.17. The molecule has 2 heterocycles. The minimum Gasteiger partial charge on any atom is -0.333 e. The first-order chi connectivity index (χ1) is 16.9. The summed E-state index contributed by atoms with van der Waals surface area (Å²) in [6, 6.07) is 18.6. The molecule has 0 aromatic heterocycles. The highest BCUT2D eigenvalue weighted by atomic mass is 16.2. The molecule has 0 spiro atoms. The topological polar surface area (TPSA) is 76.2 Å². The highest BCUT2D eigenvalue weighted by Gasteiger charge is 2.51. The quantitative estimate of drug-likeness (QED) is 0.663. The van der Waals surface area contributed by atoms with Gasteiger partial charge in [-0.05, 0) is 24.5 Å². The fraction of sp³-hybridized carbons (Fsp3) is 0.444. The lowest BCUT2D eigenvalue weighted by atomic mass is 9.98. The minimum absolute atomic E-state index is 0.0476. The van der Waals surface area contributed by atoms with E-state index >= 15 is 0 Å². The molecule has 0 saturated carbocycles. The SMILES string of the molecule is CCCCC1C(=O)N(C(C)c2ccccc2)CC2N1C(=O)CN(C)N2C(=O)NCc1ccccc1. The Morgan fingerprint density at radius 2 is 1.71 bits per heavy atom. The van der Waals surface area contributed by atoms with Crippen LogP contribution in [0.25, 0.3) is 0 Å². The standard InChI is InChI=1S/C27H35N5O3/c1-4-5-16-23-26(34)30(20(2)22-14-10-7-11-15-22)18-24-31(23)25(33)19-29(3)32(24)27(35)28-17-21-12-8-6-9-13-21/h6-15,20,23-24H,4-5,16-19H2,1-3H3,(H,28,35). The minimum atomic E-state index is -0.578. The molecule has 8 heteroatoms. The molecule has 1 N–H and O–H groups in total. The molecular formula is C27H35N5O3. The lowest BCUT2D eigenvalue weighted by Crippen LogP contribution is -2.76. The Hall–Kier alpha value is -3.39. The van der Waals surface area contributed by atoms with E-state index in [1.54, 1.807) is 22.0 Å². The lowest BCUT2D eigenvalue weighted by molar-refractivity contribution is -0.189. The van der Waals surface area contributed by atoms with Gasteiger partial charge in [-0.15, -0.1) is 0 Å². The molecule has 186 valence electrons. The number of hydrogen-bond acceptors (Lipinski definition) is 4. The van der Waals surface area contributed by atoms with E-state index in [-0.39, 0.29) is 37.0 Å². The van der Waals surface area contributed by atoms with E-state index in [1.165, 1.54) is 0 Å². The number of piperazine rings is 1. The van der Waals surface area contributed by atoms with E-state index in [9.17, 15) is 14.4 Å². The number of amides is 4. The van der Waals surface area contributed by atoms with E-state index in [4.69, 9.17) is 0 Å². The summed E-state index contributed by atoms with van der Waals surface area (Å²) in [6.45, 7) is 4.77. The first kappa shape index (κ1) is 24.7. The number of rotatable bonds is 7. The predicted octanol–water partition coefficient (Wildman–Crippen LogP) is 3.38. The molecule has 2 aliphatic rings. The molecule has 3 unspecified atom stereocenters. The van der Waals surface area contributed by atoms with Crippen molar-refractivity contribution in [2.24, 2.45) is 0 Å². The van der Waals surface area contributed by atoms with Crippen LogP contribution in [-0.4, -0.2) is 70.0 Å². The Morgan fingerprint density at radius 1 is 1.06 bits per heavy atom. The largest absolute Gasteiger partial charge is 0.334 e. The lowest BCUT2D eigenvalue weighted by Gasteiger charge is -2.55. The van der Waals surface area contributed by atoms with Crippen LogP contribution in [0.4, 0.5) is 4.79 Å². The molecule has 4 rings (SSSR count). The number of nitrogens with one attached hydrogen (secondary N) is 1. The van der Waals surface area contributed by atoms with Crippen LogP contribution in [0, 0.1) is 0 Å². The number of carbonyl (C=O) groups is 3. The molecule has 8 nitrogen and oxygen atoms in total. The van der Waals surface area contributed by atoms with Gasteiger partial charge in [-0.1, -0.05) is 80.4 Å². The third-order valence-corrected chi connectivity index (χ3v) is 6.96. The molecule has 0 bridgehead atoms. The normalized spacial score (nSPS) is 21.6. The maximum atomic E-state index is 13.7. The Labute approximate surface area is 207 Å². The molecule has 0 radical (unpaired) electrons. The number of benzene rings is 2. The van der Waals surface area contributed by atoms with E-state index < -0.39 is 12.2 Å². The molecule has 2 aromatic carbocycles. The summed E-state index contributed by atoms with van der Waals surface area (Å²) in [5.74, 6) is -0.167. The zero-order valence-electron chi connectivity index (χ0n) is 20.8. The number of likely N-dealkylation sites (N-methyl/N-ethyl adjacent to an activating group) is 1. The number of urea groups is 1. The summed E-state index contributed by atoms with van der Waals surface area (Å²) in [5, 5.41) is 6.28. The van der Waals surface area contributed by atoms with Crippen LogP contribution in [-0.2, 0) is 16.1 Å². The fourth-order valence-electron chi connectivity index (χ4n) is 5.05. The van der Waals surface area contributed by atoms with Crippen molar-refractivity contribution in [1.29, 1.82) is 0 Å². The Balaban J connectivity index is 1.63. The molecule has 2 aliphatic heterocycles. The average molecular weight is 478 g/mol. The zero-order chi connectivity index (χ0) is 24.9. The van der Waals surface area contributed by atoms with Crippen LogP contribution in [0.15, 0.2) is 60.7 Å². The molecule has 2 aromatic rings. The summed E-state index contributed by atoms with van der Waals surface area (Å²) in [5.41, 5.74) is 2.02. The Morgan fingerprint density at radius 3 is 2.37 bits per heavy atom. The van der Waals surface area contributed by atoms with Gasteiger partial charge >= 0.3 is 6.03 Å². The number of nitrogens with zero attached hydrogens (tertiary/aromatic N) is 4. The van der Waals surface area contributed by atoms with Gasteiger partial charge in [-0.2, -0.15) is 0 Å². The highest BCUT2D eigenvalue weighted by Crippen LogP contribution is 2.32. The molecule has 2 fully saturated rings. The zero-order valence-corrected chi connectivity index (χ0v) is 20.8. The second-order valence-electron chi connectivity index (χ2n) is 9.32.